The Hall–Kier alpha value is -3.64. The lowest BCUT2D eigenvalue weighted by atomic mass is 9.90. The van der Waals surface area contributed by atoms with E-state index >= 15 is 0 Å². The monoisotopic (exact) mass is 530 g/mol. The third kappa shape index (κ3) is 4.08. The first kappa shape index (κ1) is 23.5. The number of hydrogen-bond donors (Lipinski definition) is 2. The molecule has 2 atom stereocenters. The van der Waals surface area contributed by atoms with Crippen LogP contribution in [0.15, 0.2) is 18.3 Å². The van der Waals surface area contributed by atoms with E-state index in [2.05, 4.69) is 47.6 Å². The van der Waals surface area contributed by atoms with Crippen molar-refractivity contribution in [1.29, 1.82) is 10.5 Å². The van der Waals surface area contributed by atoms with Gasteiger partial charge in [0.05, 0.1) is 53.5 Å². The Bertz CT molecular complexity index is 1480. The third-order valence-corrected chi connectivity index (χ3v) is 8.47. The lowest BCUT2D eigenvalue weighted by Crippen LogP contribution is -2.57. The zero-order chi connectivity index (χ0) is 25.8. The van der Waals surface area contributed by atoms with Crippen LogP contribution >= 0.6 is 11.6 Å². The van der Waals surface area contributed by atoms with Gasteiger partial charge in [0.1, 0.15) is 6.07 Å². The molecule has 3 aromatic rings. The minimum atomic E-state index is 0.268. The molecule has 4 aliphatic rings. The number of imidazole rings is 1. The van der Waals surface area contributed by atoms with Gasteiger partial charge in [0.2, 0.25) is 5.95 Å². The van der Waals surface area contributed by atoms with Crippen LogP contribution < -0.4 is 15.5 Å². The van der Waals surface area contributed by atoms with Crippen molar-refractivity contribution in [2.45, 2.75) is 43.8 Å². The number of rotatable bonds is 6. The van der Waals surface area contributed by atoms with Gasteiger partial charge in [0.25, 0.3) is 0 Å². The number of piperidine rings is 1. The van der Waals surface area contributed by atoms with Gasteiger partial charge in [-0.05, 0) is 50.3 Å². The van der Waals surface area contributed by atoms with Gasteiger partial charge < -0.3 is 20.3 Å². The normalized spacial score (nSPS) is 23.5. The van der Waals surface area contributed by atoms with Crippen molar-refractivity contribution >= 4 is 40.4 Å². The highest BCUT2D eigenvalue weighted by molar-refractivity contribution is 6.36. The van der Waals surface area contributed by atoms with Crippen LogP contribution in [0.5, 0.6) is 0 Å². The summed E-state index contributed by atoms with van der Waals surface area (Å²) in [5.41, 5.74) is 2.70. The number of hydrogen-bond acceptors (Lipinski definition) is 10. The Morgan fingerprint density at radius 3 is 2.71 bits per heavy atom. The molecule has 38 heavy (non-hydrogen) atoms. The van der Waals surface area contributed by atoms with Crippen LogP contribution in [0, 0.1) is 28.6 Å². The largest absolute Gasteiger partial charge is 0.378 e. The highest BCUT2D eigenvalue weighted by Gasteiger charge is 2.43. The van der Waals surface area contributed by atoms with Crippen molar-refractivity contribution in [3.05, 3.63) is 34.6 Å². The molecule has 0 spiro atoms. The highest BCUT2D eigenvalue weighted by atomic mass is 35.5. The lowest BCUT2D eigenvalue weighted by molar-refractivity contribution is -0.0903. The number of halogens is 1. The fraction of sp³-hybridized carbons (Fsp3) is 0.500. The van der Waals surface area contributed by atoms with Crippen molar-refractivity contribution in [3.8, 4) is 12.1 Å². The maximum Gasteiger partial charge on any atom is 0.247 e. The molecule has 2 aromatic heterocycles. The van der Waals surface area contributed by atoms with Gasteiger partial charge in [-0.15, -0.1) is 5.10 Å². The SMILES string of the molecule is N#Cc1cc(Nc2nc(NC3CC3)c3ncc(C#N)n3n2)c(Cl)c(N2CC3CCCN(C4COC4)C3C2)c1. The molecular formula is C26H27ClN10O. The summed E-state index contributed by atoms with van der Waals surface area (Å²) in [5.74, 6) is 1.39. The zero-order valence-corrected chi connectivity index (χ0v) is 21.5. The van der Waals surface area contributed by atoms with E-state index in [1.54, 1.807) is 6.07 Å². The summed E-state index contributed by atoms with van der Waals surface area (Å²) < 4.78 is 6.96. The quantitative estimate of drug-likeness (QED) is 0.490. The summed E-state index contributed by atoms with van der Waals surface area (Å²) >= 11 is 7.00. The number of anilines is 4. The number of nitriles is 2. The van der Waals surface area contributed by atoms with Crippen LogP contribution in [0.3, 0.4) is 0 Å². The summed E-state index contributed by atoms with van der Waals surface area (Å²) in [6.45, 7) is 4.51. The maximum absolute atomic E-state index is 9.83. The fourth-order valence-corrected chi connectivity index (χ4v) is 6.20. The Morgan fingerprint density at radius 2 is 1.97 bits per heavy atom. The second-order valence-corrected chi connectivity index (χ2v) is 11.0. The fourth-order valence-electron chi connectivity index (χ4n) is 5.92. The minimum absolute atomic E-state index is 0.268. The molecule has 3 aliphatic heterocycles. The van der Waals surface area contributed by atoms with E-state index in [9.17, 15) is 10.5 Å². The molecule has 5 heterocycles. The van der Waals surface area contributed by atoms with Gasteiger partial charge in [-0.2, -0.15) is 20.0 Å². The third-order valence-electron chi connectivity index (χ3n) is 8.08. The molecule has 1 aromatic carbocycles. The molecule has 2 N–H and O–H groups in total. The molecule has 1 saturated carbocycles. The van der Waals surface area contributed by atoms with E-state index in [0.29, 0.717) is 57.5 Å². The Balaban J connectivity index is 1.22. The number of ether oxygens (including phenoxy) is 1. The minimum Gasteiger partial charge on any atom is -0.378 e. The molecule has 7 rings (SSSR count). The number of nitrogens with zero attached hydrogens (tertiary/aromatic N) is 8. The number of likely N-dealkylation sites (tertiary alicyclic amines) is 1. The first-order chi connectivity index (χ1) is 18.6. The second-order valence-electron chi connectivity index (χ2n) is 10.6. The summed E-state index contributed by atoms with van der Waals surface area (Å²) in [5, 5.41) is 31.0. The molecule has 11 nitrogen and oxygen atoms in total. The molecule has 0 amide bonds. The summed E-state index contributed by atoms with van der Waals surface area (Å²) in [6, 6.07) is 9.30. The number of aromatic nitrogens is 4. The predicted octanol–water partition coefficient (Wildman–Crippen LogP) is 3.14. The molecule has 0 radical (unpaired) electrons. The topological polar surface area (TPSA) is 130 Å². The molecule has 12 heteroatoms. The predicted molar refractivity (Wildman–Crippen MR) is 142 cm³/mol. The highest BCUT2D eigenvalue weighted by Crippen LogP contribution is 2.41. The van der Waals surface area contributed by atoms with Gasteiger partial charge >= 0.3 is 0 Å². The molecule has 4 fully saturated rings. The van der Waals surface area contributed by atoms with E-state index in [-0.39, 0.29) is 5.95 Å². The standard InChI is InChI=1S/C26H27ClN10O/c27-23-20(32-26-33-24(31-17-3-4-17)25-30-10-18(9-29)37(25)34-26)6-15(8-28)7-21(23)35-11-16-2-1-5-36(22(16)12-35)19-13-38-14-19/h6-7,10,16-17,19,22H,1-5,11-14H2,(H2,31,32,33,34). The van der Waals surface area contributed by atoms with Crippen LogP contribution in [-0.2, 0) is 4.74 Å². The average molecular weight is 531 g/mol. The number of benzene rings is 1. The summed E-state index contributed by atoms with van der Waals surface area (Å²) in [7, 11) is 0. The summed E-state index contributed by atoms with van der Waals surface area (Å²) in [4.78, 5) is 13.9. The Labute approximate surface area is 225 Å². The van der Waals surface area contributed by atoms with Gasteiger partial charge in [-0.3, -0.25) is 4.90 Å². The smallest absolute Gasteiger partial charge is 0.247 e. The molecule has 2 unspecified atom stereocenters. The molecule has 1 aliphatic carbocycles. The van der Waals surface area contributed by atoms with Gasteiger partial charge in [0, 0.05) is 25.2 Å². The summed E-state index contributed by atoms with van der Waals surface area (Å²) in [6.07, 6.45) is 6.00. The Kier molecular flexibility index (Phi) is 5.73. The first-order valence-electron chi connectivity index (χ1n) is 13.1. The Morgan fingerprint density at radius 1 is 1.11 bits per heavy atom. The van der Waals surface area contributed by atoms with Crippen molar-refractivity contribution in [1.82, 2.24) is 24.5 Å². The van der Waals surface area contributed by atoms with Crippen molar-refractivity contribution in [2.24, 2.45) is 5.92 Å². The van der Waals surface area contributed by atoms with E-state index in [1.807, 2.05) is 6.07 Å². The van der Waals surface area contributed by atoms with Crippen LogP contribution in [0.4, 0.5) is 23.1 Å². The van der Waals surface area contributed by atoms with Gasteiger partial charge in [-0.25, -0.2) is 4.98 Å². The van der Waals surface area contributed by atoms with Crippen molar-refractivity contribution < 1.29 is 4.74 Å². The van der Waals surface area contributed by atoms with E-state index < -0.39 is 0 Å². The van der Waals surface area contributed by atoms with Gasteiger partial charge in [-0.1, -0.05) is 11.6 Å². The van der Waals surface area contributed by atoms with E-state index in [0.717, 1.165) is 51.4 Å². The van der Waals surface area contributed by atoms with Crippen LogP contribution in [0.25, 0.3) is 5.65 Å². The second kappa shape index (κ2) is 9.28. The average Bonchev–Trinajstić information content (AvgIpc) is 3.43. The van der Waals surface area contributed by atoms with E-state index in [4.69, 9.17) is 16.3 Å². The van der Waals surface area contributed by atoms with Crippen molar-refractivity contribution in [3.63, 3.8) is 0 Å². The van der Waals surface area contributed by atoms with E-state index in [1.165, 1.54) is 23.6 Å². The van der Waals surface area contributed by atoms with Crippen LogP contribution in [-0.4, -0.2) is 75.5 Å². The van der Waals surface area contributed by atoms with Crippen LogP contribution in [0.1, 0.15) is 36.9 Å². The zero-order valence-electron chi connectivity index (χ0n) is 20.8. The number of fused-ring (bicyclic) bond motifs is 2. The van der Waals surface area contributed by atoms with Crippen molar-refractivity contribution in [2.75, 3.05) is 48.4 Å². The van der Waals surface area contributed by atoms with Gasteiger partial charge in [0.15, 0.2) is 17.2 Å². The first-order valence-corrected chi connectivity index (χ1v) is 13.5. The molecule has 194 valence electrons. The number of nitrogens with one attached hydrogen (secondary N) is 2. The molecule has 0 bridgehead atoms. The molecular weight excluding hydrogens is 504 g/mol. The lowest BCUT2D eigenvalue weighted by Gasteiger charge is -2.45. The van der Waals surface area contributed by atoms with Crippen LogP contribution in [0.2, 0.25) is 5.02 Å². The molecule has 3 saturated heterocycles. The maximum atomic E-state index is 9.83.